The van der Waals surface area contributed by atoms with Crippen molar-refractivity contribution in [2.75, 3.05) is 26.7 Å². The topological polar surface area (TPSA) is 24.5 Å². The van der Waals surface area contributed by atoms with E-state index in [1.54, 1.807) is 7.11 Å². The van der Waals surface area contributed by atoms with E-state index in [9.17, 15) is 0 Å². The fraction of sp³-hybridized carbons (Fsp3) is 0.625. The maximum atomic E-state index is 5.39. The summed E-state index contributed by atoms with van der Waals surface area (Å²) < 4.78 is 5.39. The first kappa shape index (κ1) is 14.4. The third-order valence-electron chi connectivity index (χ3n) is 3.83. The Morgan fingerprint density at radius 2 is 2.00 bits per heavy atom. The number of methoxy groups -OCH3 is 1. The second-order valence-electron chi connectivity index (χ2n) is 5.25. The van der Waals surface area contributed by atoms with Gasteiger partial charge in [0, 0.05) is 19.1 Å². The minimum atomic E-state index is 0.485. The quantitative estimate of drug-likeness (QED) is 0.853. The van der Waals surface area contributed by atoms with E-state index in [0.29, 0.717) is 6.04 Å². The first-order valence-electron chi connectivity index (χ1n) is 7.41. The predicted molar refractivity (Wildman–Crippen MR) is 79.6 cm³/mol. The second kappa shape index (κ2) is 6.92. The van der Waals surface area contributed by atoms with Crippen molar-refractivity contribution in [3.05, 3.63) is 29.3 Å². The van der Waals surface area contributed by atoms with Gasteiger partial charge in [-0.2, -0.15) is 0 Å². The van der Waals surface area contributed by atoms with Gasteiger partial charge in [-0.15, -0.1) is 0 Å². The minimum absolute atomic E-state index is 0.485. The highest BCUT2D eigenvalue weighted by atomic mass is 16.5. The summed E-state index contributed by atoms with van der Waals surface area (Å²) in [5, 5.41) is 3.54. The first-order valence-corrected chi connectivity index (χ1v) is 7.41. The summed E-state index contributed by atoms with van der Waals surface area (Å²) in [6.07, 6.45) is 2.41. The van der Waals surface area contributed by atoms with Crippen LogP contribution in [0.15, 0.2) is 18.2 Å². The van der Waals surface area contributed by atoms with Crippen molar-refractivity contribution in [3.63, 3.8) is 0 Å². The first-order chi connectivity index (χ1) is 9.30. The van der Waals surface area contributed by atoms with E-state index < -0.39 is 0 Å². The summed E-state index contributed by atoms with van der Waals surface area (Å²) in [7, 11) is 1.74. The zero-order valence-corrected chi connectivity index (χ0v) is 12.4. The van der Waals surface area contributed by atoms with Crippen molar-refractivity contribution in [1.82, 2.24) is 10.2 Å². The summed E-state index contributed by atoms with van der Waals surface area (Å²) in [6, 6.07) is 6.97. The van der Waals surface area contributed by atoms with Crippen LogP contribution in [-0.4, -0.2) is 31.6 Å². The van der Waals surface area contributed by atoms with Crippen LogP contribution in [0.5, 0.6) is 5.75 Å². The molecule has 0 spiro atoms. The molecule has 0 saturated heterocycles. The lowest BCUT2D eigenvalue weighted by Crippen LogP contribution is -2.40. The zero-order chi connectivity index (χ0) is 13.7. The Kier molecular flexibility index (Phi) is 5.23. The van der Waals surface area contributed by atoms with Gasteiger partial charge >= 0.3 is 0 Å². The molecule has 1 N–H and O–H groups in total. The number of hydrogen-bond acceptors (Lipinski definition) is 3. The molecule has 0 aromatic heterocycles. The van der Waals surface area contributed by atoms with Gasteiger partial charge < -0.3 is 10.1 Å². The fourth-order valence-electron chi connectivity index (χ4n) is 2.95. The number of nitrogens with one attached hydrogen (secondary N) is 1. The van der Waals surface area contributed by atoms with Gasteiger partial charge in [-0.25, -0.2) is 0 Å². The Labute approximate surface area is 116 Å². The van der Waals surface area contributed by atoms with E-state index >= 15 is 0 Å². The van der Waals surface area contributed by atoms with Crippen LogP contribution in [-0.2, 0) is 6.54 Å². The number of ether oxygens (including phenoxy) is 1. The molecule has 0 saturated carbocycles. The van der Waals surface area contributed by atoms with E-state index in [-0.39, 0.29) is 0 Å². The molecule has 0 aliphatic carbocycles. The molecule has 1 heterocycles. The Morgan fingerprint density at radius 3 is 2.63 bits per heavy atom. The Hall–Kier alpha value is -1.06. The van der Waals surface area contributed by atoms with Gasteiger partial charge in [-0.3, -0.25) is 4.90 Å². The summed E-state index contributed by atoms with van der Waals surface area (Å²) in [4.78, 5) is 2.60. The summed E-state index contributed by atoms with van der Waals surface area (Å²) in [5.41, 5.74) is 2.86. The standard InChI is InChI=1S/C16H26N2O/c1-4-8-18(9-5-2)16-12-17-11-13-6-7-14(19-3)10-15(13)16/h6-7,10,16-17H,4-5,8-9,11-12H2,1-3H3/t16-/m0/s1. The van der Waals surface area contributed by atoms with Gasteiger partial charge in [-0.1, -0.05) is 19.9 Å². The van der Waals surface area contributed by atoms with Gasteiger partial charge in [0.2, 0.25) is 0 Å². The van der Waals surface area contributed by atoms with Crippen molar-refractivity contribution in [2.24, 2.45) is 0 Å². The number of benzene rings is 1. The molecule has 19 heavy (non-hydrogen) atoms. The van der Waals surface area contributed by atoms with Crippen LogP contribution in [0, 0.1) is 0 Å². The van der Waals surface area contributed by atoms with E-state index in [2.05, 4.69) is 42.3 Å². The maximum absolute atomic E-state index is 5.39. The normalized spacial score (nSPS) is 18.4. The highest BCUT2D eigenvalue weighted by Gasteiger charge is 2.25. The van der Waals surface area contributed by atoms with Crippen LogP contribution < -0.4 is 10.1 Å². The monoisotopic (exact) mass is 262 g/mol. The van der Waals surface area contributed by atoms with Gasteiger partial charge in [0.05, 0.1) is 7.11 Å². The van der Waals surface area contributed by atoms with Crippen molar-refractivity contribution < 1.29 is 4.74 Å². The van der Waals surface area contributed by atoms with Crippen LogP contribution in [0.3, 0.4) is 0 Å². The molecule has 1 atom stereocenters. The van der Waals surface area contributed by atoms with E-state index in [4.69, 9.17) is 4.74 Å². The lowest BCUT2D eigenvalue weighted by atomic mass is 9.94. The molecule has 0 radical (unpaired) electrons. The average Bonchev–Trinajstić information content (AvgIpc) is 2.46. The van der Waals surface area contributed by atoms with Crippen LogP contribution in [0.2, 0.25) is 0 Å². The Balaban J connectivity index is 2.27. The number of fused-ring (bicyclic) bond motifs is 1. The molecular weight excluding hydrogens is 236 g/mol. The Bertz CT molecular complexity index is 400. The largest absolute Gasteiger partial charge is 0.497 e. The molecule has 1 aromatic carbocycles. The minimum Gasteiger partial charge on any atom is -0.497 e. The highest BCUT2D eigenvalue weighted by Crippen LogP contribution is 2.30. The third kappa shape index (κ3) is 3.28. The van der Waals surface area contributed by atoms with Crippen molar-refractivity contribution >= 4 is 0 Å². The molecule has 0 bridgehead atoms. The molecule has 3 nitrogen and oxygen atoms in total. The Morgan fingerprint density at radius 1 is 1.26 bits per heavy atom. The van der Waals surface area contributed by atoms with Crippen LogP contribution in [0.4, 0.5) is 0 Å². The van der Waals surface area contributed by atoms with Gasteiger partial charge in [0.1, 0.15) is 5.75 Å². The van der Waals surface area contributed by atoms with Crippen molar-refractivity contribution in [1.29, 1.82) is 0 Å². The molecule has 1 aromatic rings. The molecule has 1 aliphatic rings. The number of nitrogens with zero attached hydrogens (tertiary/aromatic N) is 1. The van der Waals surface area contributed by atoms with E-state index in [0.717, 1.165) is 31.9 Å². The lowest BCUT2D eigenvalue weighted by molar-refractivity contribution is 0.185. The molecule has 3 heteroatoms. The fourth-order valence-corrected chi connectivity index (χ4v) is 2.95. The molecule has 1 aliphatic heterocycles. The maximum Gasteiger partial charge on any atom is 0.119 e. The molecule has 0 unspecified atom stereocenters. The predicted octanol–water partition coefficient (Wildman–Crippen LogP) is 2.96. The lowest BCUT2D eigenvalue weighted by Gasteiger charge is -2.36. The van der Waals surface area contributed by atoms with Crippen LogP contribution in [0.25, 0.3) is 0 Å². The van der Waals surface area contributed by atoms with Gasteiger partial charge in [0.15, 0.2) is 0 Å². The molecule has 106 valence electrons. The smallest absolute Gasteiger partial charge is 0.119 e. The summed E-state index contributed by atoms with van der Waals surface area (Å²) in [6.45, 7) is 8.85. The van der Waals surface area contributed by atoms with Crippen molar-refractivity contribution in [2.45, 2.75) is 39.3 Å². The molecular formula is C16H26N2O. The third-order valence-corrected chi connectivity index (χ3v) is 3.83. The van der Waals surface area contributed by atoms with E-state index in [1.165, 1.54) is 24.0 Å². The van der Waals surface area contributed by atoms with Crippen LogP contribution in [0.1, 0.15) is 43.9 Å². The molecule has 0 fully saturated rings. The average molecular weight is 262 g/mol. The van der Waals surface area contributed by atoms with Crippen molar-refractivity contribution in [3.8, 4) is 5.75 Å². The SMILES string of the molecule is CCCN(CCC)[C@H]1CNCc2ccc(OC)cc21. The summed E-state index contributed by atoms with van der Waals surface area (Å²) in [5.74, 6) is 0.971. The van der Waals surface area contributed by atoms with Crippen LogP contribution >= 0.6 is 0 Å². The molecule has 2 rings (SSSR count). The molecule has 0 amide bonds. The number of hydrogen-bond donors (Lipinski definition) is 1. The second-order valence-corrected chi connectivity index (χ2v) is 5.25. The van der Waals surface area contributed by atoms with Gasteiger partial charge in [-0.05, 0) is 49.2 Å². The highest BCUT2D eigenvalue weighted by molar-refractivity contribution is 5.39. The number of rotatable bonds is 6. The zero-order valence-electron chi connectivity index (χ0n) is 12.4. The van der Waals surface area contributed by atoms with E-state index in [1.807, 2.05) is 0 Å². The van der Waals surface area contributed by atoms with Gasteiger partial charge in [0.25, 0.3) is 0 Å². The summed E-state index contributed by atoms with van der Waals surface area (Å²) >= 11 is 0.